The van der Waals surface area contributed by atoms with Crippen LogP contribution < -0.4 is 4.74 Å². The summed E-state index contributed by atoms with van der Waals surface area (Å²) in [6.45, 7) is 1.88. The number of Topliss-reactive ketones (excluding diaryl/α,β-unsaturated/α-hetero) is 1. The Morgan fingerprint density at radius 2 is 1.85 bits per heavy atom. The van der Waals surface area contributed by atoms with Gasteiger partial charge in [-0.25, -0.2) is 0 Å². The van der Waals surface area contributed by atoms with Gasteiger partial charge in [-0.05, 0) is 30.7 Å². The van der Waals surface area contributed by atoms with Gasteiger partial charge in [0.25, 0.3) is 11.5 Å². The van der Waals surface area contributed by atoms with Gasteiger partial charge in [0.15, 0.2) is 0 Å². The van der Waals surface area contributed by atoms with E-state index in [1.165, 1.54) is 7.11 Å². The number of ether oxygens (including phenoxy) is 1. The first-order chi connectivity index (χ1) is 9.63. The monoisotopic (exact) mass is 267 g/mol. The second-order valence-electron chi connectivity index (χ2n) is 4.67. The van der Waals surface area contributed by atoms with Gasteiger partial charge in [0.2, 0.25) is 5.69 Å². The number of fused-ring (bicyclic) bond motifs is 1. The summed E-state index contributed by atoms with van der Waals surface area (Å²) in [6.07, 6.45) is 0. The third-order valence-electron chi connectivity index (χ3n) is 3.49. The van der Waals surface area contributed by atoms with E-state index in [1.807, 2.05) is 25.1 Å². The molecule has 0 atom stereocenters. The van der Waals surface area contributed by atoms with Gasteiger partial charge in [-0.2, -0.15) is 4.74 Å². The van der Waals surface area contributed by atoms with E-state index in [1.54, 1.807) is 24.3 Å². The number of rotatable bonds is 2. The minimum atomic E-state index is -0.261. The van der Waals surface area contributed by atoms with E-state index in [-0.39, 0.29) is 11.5 Å². The molecule has 4 heteroatoms. The summed E-state index contributed by atoms with van der Waals surface area (Å²) in [5.74, 6) is 0.305. The summed E-state index contributed by atoms with van der Waals surface area (Å²) in [5, 5.41) is 12.4. The van der Waals surface area contributed by atoms with Gasteiger partial charge < -0.3 is 9.94 Å². The summed E-state index contributed by atoms with van der Waals surface area (Å²) < 4.78 is 5.81. The van der Waals surface area contributed by atoms with Crippen LogP contribution in [0.15, 0.2) is 42.5 Å². The van der Waals surface area contributed by atoms with Gasteiger partial charge in [-0.1, -0.05) is 18.2 Å². The van der Waals surface area contributed by atoms with Gasteiger partial charge in [0.05, 0.1) is 12.7 Å². The zero-order valence-electron chi connectivity index (χ0n) is 11.2. The molecule has 0 fully saturated rings. The zero-order valence-corrected chi connectivity index (χ0v) is 11.2. The van der Waals surface area contributed by atoms with Crippen LogP contribution in [0.4, 0.5) is 5.69 Å². The molecule has 100 valence electrons. The van der Waals surface area contributed by atoms with Gasteiger partial charge in [-0.3, -0.25) is 4.79 Å². The number of aryl methyl sites for hydroxylation is 1. The van der Waals surface area contributed by atoms with Crippen molar-refractivity contribution < 1.29 is 14.3 Å². The van der Waals surface area contributed by atoms with Crippen LogP contribution in [0, 0.1) is 12.1 Å². The first-order valence-electron chi connectivity index (χ1n) is 6.26. The Morgan fingerprint density at radius 1 is 1.10 bits per heavy atom. The Balaban J connectivity index is 2.19. The van der Waals surface area contributed by atoms with Crippen molar-refractivity contribution in [3.8, 4) is 5.75 Å². The average Bonchev–Trinajstić information content (AvgIpc) is 2.71. The molecule has 0 saturated carbocycles. The van der Waals surface area contributed by atoms with Crippen LogP contribution in [-0.4, -0.2) is 23.3 Å². The van der Waals surface area contributed by atoms with Crippen LogP contribution in [0.3, 0.4) is 0 Å². The van der Waals surface area contributed by atoms with E-state index in [9.17, 15) is 10.0 Å². The highest BCUT2D eigenvalue weighted by atomic mass is 16.5. The highest BCUT2D eigenvalue weighted by molar-refractivity contribution is 6.52. The molecule has 2 aromatic rings. The molecule has 1 heterocycles. The molecule has 0 spiro atoms. The average molecular weight is 267 g/mol. The molecule has 0 aliphatic carbocycles. The van der Waals surface area contributed by atoms with Gasteiger partial charge in [-0.15, -0.1) is 0 Å². The predicted molar refractivity (Wildman–Crippen MR) is 75.9 cm³/mol. The smallest absolute Gasteiger partial charge is 0.273 e. The normalized spacial score (nSPS) is 13.6. The van der Waals surface area contributed by atoms with Crippen LogP contribution in [0.2, 0.25) is 0 Å². The molecule has 2 aromatic carbocycles. The lowest BCUT2D eigenvalue weighted by molar-refractivity contribution is -0.355. The number of ketones is 1. The molecule has 20 heavy (non-hydrogen) atoms. The number of methoxy groups -OCH3 is 1. The van der Waals surface area contributed by atoms with Crippen LogP contribution in [0.1, 0.15) is 21.5 Å². The molecule has 0 amide bonds. The standard InChI is InChI=1S/C16H13NO3/c1-10-5-3-4-6-12(10)15-16(18)13-9-11(20-2)7-8-14(13)17(15)19/h3-9H,1-2H3. The minimum absolute atomic E-state index is 0.173. The Morgan fingerprint density at radius 3 is 2.55 bits per heavy atom. The topological polar surface area (TPSA) is 52.4 Å². The Kier molecular flexibility index (Phi) is 2.79. The molecule has 0 radical (unpaired) electrons. The van der Waals surface area contributed by atoms with Crippen LogP contribution in [0.25, 0.3) is 0 Å². The Labute approximate surface area is 116 Å². The number of nitrogens with zero attached hydrogens (tertiary/aromatic N) is 1. The van der Waals surface area contributed by atoms with Crippen LogP contribution in [0.5, 0.6) is 5.75 Å². The number of benzene rings is 2. The summed E-state index contributed by atoms with van der Waals surface area (Å²) in [7, 11) is 1.53. The number of hydrogen-bond donors (Lipinski definition) is 0. The quantitative estimate of drug-likeness (QED) is 0.621. The molecule has 0 saturated heterocycles. The molecular formula is C16H13NO3. The van der Waals surface area contributed by atoms with Crippen molar-refractivity contribution in [1.82, 2.24) is 0 Å². The minimum Gasteiger partial charge on any atom is -0.618 e. The largest absolute Gasteiger partial charge is 0.618 e. The summed E-state index contributed by atoms with van der Waals surface area (Å²) in [5.41, 5.74) is 2.50. The maximum absolute atomic E-state index is 12.5. The molecular weight excluding hydrogens is 254 g/mol. The first kappa shape index (κ1) is 12.4. The zero-order chi connectivity index (χ0) is 14.3. The second kappa shape index (κ2) is 4.49. The van der Waals surface area contributed by atoms with Crippen molar-refractivity contribution >= 4 is 17.2 Å². The first-order valence-corrected chi connectivity index (χ1v) is 6.26. The number of hydrogen-bond acceptors (Lipinski definition) is 3. The molecule has 3 rings (SSSR count). The summed E-state index contributed by atoms with van der Waals surface area (Å²) in [4.78, 5) is 12.5. The fraction of sp³-hybridized carbons (Fsp3) is 0.125. The van der Waals surface area contributed by atoms with Crippen molar-refractivity contribution in [2.45, 2.75) is 6.92 Å². The van der Waals surface area contributed by atoms with Crippen molar-refractivity contribution in [2.24, 2.45) is 0 Å². The Bertz CT molecular complexity index is 747. The maximum atomic E-state index is 12.5. The predicted octanol–water partition coefficient (Wildman–Crippen LogP) is 2.83. The highest BCUT2D eigenvalue weighted by Gasteiger charge is 2.37. The lowest BCUT2D eigenvalue weighted by Gasteiger charge is -2.04. The molecule has 0 unspecified atom stereocenters. The molecule has 1 aliphatic heterocycles. The lowest BCUT2D eigenvalue weighted by atomic mass is 9.99. The van der Waals surface area contributed by atoms with Crippen molar-refractivity contribution in [1.29, 1.82) is 0 Å². The van der Waals surface area contributed by atoms with E-state index in [4.69, 9.17) is 4.74 Å². The van der Waals surface area contributed by atoms with Gasteiger partial charge >= 0.3 is 0 Å². The SMILES string of the molecule is COc1ccc2c(c1)C(=O)C(c1ccccc1C)=[N+]2[O-]. The Hall–Kier alpha value is -2.62. The highest BCUT2D eigenvalue weighted by Crippen LogP contribution is 2.31. The summed E-state index contributed by atoms with van der Waals surface area (Å²) in [6, 6.07) is 12.3. The van der Waals surface area contributed by atoms with E-state index in [0.717, 1.165) is 5.56 Å². The van der Waals surface area contributed by atoms with Crippen molar-refractivity contribution in [3.05, 3.63) is 64.4 Å². The molecule has 1 aliphatic rings. The van der Waals surface area contributed by atoms with Gasteiger partial charge in [0.1, 0.15) is 11.3 Å². The maximum Gasteiger partial charge on any atom is 0.273 e. The lowest BCUT2D eigenvalue weighted by Crippen LogP contribution is -2.17. The van der Waals surface area contributed by atoms with E-state index < -0.39 is 0 Å². The second-order valence-corrected chi connectivity index (χ2v) is 4.67. The number of carbonyl (C=O) groups is 1. The molecule has 0 bridgehead atoms. The van der Waals surface area contributed by atoms with Crippen LogP contribution >= 0.6 is 0 Å². The summed E-state index contributed by atoms with van der Waals surface area (Å²) >= 11 is 0. The molecule has 0 aromatic heterocycles. The molecule has 4 nitrogen and oxygen atoms in total. The van der Waals surface area contributed by atoms with Crippen LogP contribution in [-0.2, 0) is 0 Å². The van der Waals surface area contributed by atoms with E-state index in [0.29, 0.717) is 27.3 Å². The van der Waals surface area contributed by atoms with E-state index in [2.05, 4.69) is 0 Å². The fourth-order valence-corrected chi connectivity index (χ4v) is 2.41. The fourth-order valence-electron chi connectivity index (χ4n) is 2.41. The van der Waals surface area contributed by atoms with Crippen molar-refractivity contribution in [3.63, 3.8) is 0 Å². The third kappa shape index (κ3) is 1.69. The third-order valence-corrected chi connectivity index (χ3v) is 3.49. The molecule has 0 N–H and O–H groups in total. The van der Waals surface area contributed by atoms with Crippen molar-refractivity contribution in [2.75, 3.05) is 7.11 Å². The van der Waals surface area contributed by atoms with E-state index >= 15 is 0 Å². The number of carbonyl (C=O) groups excluding carboxylic acids is 1. The van der Waals surface area contributed by atoms with Gasteiger partial charge in [0, 0.05) is 6.07 Å².